The fourth-order valence-electron chi connectivity index (χ4n) is 2.01. The molecule has 1 saturated carbocycles. The maximum absolute atomic E-state index is 11.5. The predicted octanol–water partition coefficient (Wildman–Crippen LogP) is 1.50. The Morgan fingerprint density at radius 3 is 2.32 bits per heavy atom. The number of carboxylic acids is 1. The molecule has 1 fully saturated rings. The lowest BCUT2D eigenvalue weighted by Crippen LogP contribution is -2.42. The van der Waals surface area contributed by atoms with Crippen molar-refractivity contribution in [2.45, 2.75) is 46.0 Å². The van der Waals surface area contributed by atoms with Gasteiger partial charge in [-0.25, -0.2) is 4.79 Å². The lowest BCUT2D eigenvalue weighted by atomic mass is 9.92. The number of carboxylic acid groups (broad SMARTS) is 1. The lowest BCUT2D eigenvalue weighted by Gasteiger charge is -2.19. The Bertz CT molecular complexity index is 362. The summed E-state index contributed by atoms with van der Waals surface area (Å²) >= 11 is 0. The van der Waals surface area contributed by atoms with Gasteiger partial charge in [0.2, 0.25) is 5.91 Å². The molecule has 0 aromatic rings. The van der Waals surface area contributed by atoms with Crippen LogP contribution in [0.15, 0.2) is 0 Å². The van der Waals surface area contributed by atoms with E-state index in [-0.39, 0.29) is 24.7 Å². The number of hydrogen-bond donors (Lipinski definition) is 3. The van der Waals surface area contributed by atoms with Gasteiger partial charge in [0.05, 0.1) is 0 Å². The Kier molecular flexibility index (Phi) is 5.32. The molecular formula is C13H22N2O4. The summed E-state index contributed by atoms with van der Waals surface area (Å²) in [4.78, 5) is 33.1. The van der Waals surface area contributed by atoms with E-state index in [1.165, 1.54) is 0 Å². The van der Waals surface area contributed by atoms with Crippen LogP contribution >= 0.6 is 0 Å². The molecule has 0 saturated heterocycles. The van der Waals surface area contributed by atoms with Crippen LogP contribution in [0.4, 0.5) is 4.79 Å². The van der Waals surface area contributed by atoms with Crippen molar-refractivity contribution >= 4 is 17.9 Å². The van der Waals surface area contributed by atoms with Gasteiger partial charge in [-0.2, -0.15) is 0 Å². The van der Waals surface area contributed by atoms with E-state index in [0.29, 0.717) is 12.5 Å². The summed E-state index contributed by atoms with van der Waals surface area (Å²) in [6.07, 6.45) is 2.44. The highest BCUT2D eigenvalue weighted by molar-refractivity contribution is 5.94. The number of rotatable bonds is 7. The van der Waals surface area contributed by atoms with Crippen molar-refractivity contribution in [3.63, 3.8) is 0 Å². The molecule has 0 atom stereocenters. The van der Waals surface area contributed by atoms with E-state index < -0.39 is 17.9 Å². The van der Waals surface area contributed by atoms with Crippen molar-refractivity contribution in [2.75, 3.05) is 6.54 Å². The Morgan fingerprint density at radius 1 is 1.21 bits per heavy atom. The maximum atomic E-state index is 11.5. The van der Waals surface area contributed by atoms with Gasteiger partial charge in [-0.15, -0.1) is 0 Å². The zero-order valence-corrected chi connectivity index (χ0v) is 11.5. The molecule has 1 rings (SSSR count). The molecule has 0 aromatic heterocycles. The normalized spacial score (nSPS) is 15.9. The zero-order chi connectivity index (χ0) is 14.5. The summed E-state index contributed by atoms with van der Waals surface area (Å²) in [7, 11) is 0. The fraction of sp³-hybridized carbons (Fsp3) is 0.769. The van der Waals surface area contributed by atoms with E-state index >= 15 is 0 Å². The minimum absolute atomic E-state index is 0.0506. The van der Waals surface area contributed by atoms with Crippen LogP contribution in [-0.4, -0.2) is 29.6 Å². The van der Waals surface area contributed by atoms with Crippen molar-refractivity contribution in [2.24, 2.45) is 11.3 Å². The molecule has 3 N–H and O–H groups in total. The number of urea groups is 1. The minimum atomic E-state index is -0.940. The largest absolute Gasteiger partial charge is 0.481 e. The first-order valence-electron chi connectivity index (χ1n) is 6.65. The third-order valence-electron chi connectivity index (χ3n) is 3.77. The van der Waals surface area contributed by atoms with Crippen molar-refractivity contribution in [1.82, 2.24) is 10.6 Å². The van der Waals surface area contributed by atoms with Gasteiger partial charge in [0.15, 0.2) is 0 Å². The van der Waals surface area contributed by atoms with Gasteiger partial charge in [-0.1, -0.05) is 13.8 Å². The lowest BCUT2D eigenvalue weighted by molar-refractivity contribution is -0.137. The molecular weight excluding hydrogens is 248 g/mol. The Labute approximate surface area is 112 Å². The third-order valence-corrected chi connectivity index (χ3v) is 3.77. The highest BCUT2D eigenvalue weighted by Gasteiger charge is 2.45. The van der Waals surface area contributed by atoms with Crippen LogP contribution in [0.5, 0.6) is 0 Å². The number of amides is 3. The number of carbonyl (C=O) groups is 3. The highest BCUT2D eigenvalue weighted by Crippen LogP contribution is 2.51. The second-order valence-electron chi connectivity index (χ2n) is 5.50. The van der Waals surface area contributed by atoms with Crippen molar-refractivity contribution in [1.29, 1.82) is 0 Å². The molecule has 6 heteroatoms. The number of carbonyl (C=O) groups excluding carboxylic acids is 2. The summed E-state index contributed by atoms with van der Waals surface area (Å²) in [5.41, 5.74) is 0.198. The topological polar surface area (TPSA) is 95.5 Å². The fourth-order valence-corrected chi connectivity index (χ4v) is 2.01. The van der Waals surface area contributed by atoms with E-state index in [9.17, 15) is 14.4 Å². The molecule has 6 nitrogen and oxygen atoms in total. The molecule has 0 radical (unpaired) electrons. The smallest absolute Gasteiger partial charge is 0.321 e. The second-order valence-corrected chi connectivity index (χ2v) is 5.50. The van der Waals surface area contributed by atoms with Crippen LogP contribution < -0.4 is 10.6 Å². The average Bonchev–Trinajstić information content (AvgIpc) is 3.06. The van der Waals surface area contributed by atoms with Gasteiger partial charge in [0, 0.05) is 19.4 Å². The SMILES string of the molecule is CC(C)C1(CNC(=O)NC(=O)CCCC(=O)O)CC1. The molecule has 0 heterocycles. The van der Waals surface area contributed by atoms with Gasteiger partial charge in [-0.05, 0) is 30.6 Å². The second kappa shape index (κ2) is 6.54. The van der Waals surface area contributed by atoms with Gasteiger partial charge in [0.1, 0.15) is 0 Å². The quantitative estimate of drug-likeness (QED) is 0.653. The number of hydrogen-bond acceptors (Lipinski definition) is 3. The summed E-state index contributed by atoms with van der Waals surface area (Å²) < 4.78 is 0. The van der Waals surface area contributed by atoms with Crippen LogP contribution in [-0.2, 0) is 9.59 Å². The molecule has 0 unspecified atom stereocenters. The van der Waals surface area contributed by atoms with Crippen LogP contribution in [0.25, 0.3) is 0 Å². The molecule has 3 amide bonds. The molecule has 0 aromatic carbocycles. The van der Waals surface area contributed by atoms with Crippen molar-refractivity contribution < 1.29 is 19.5 Å². The molecule has 1 aliphatic rings. The Morgan fingerprint density at radius 2 is 1.84 bits per heavy atom. The van der Waals surface area contributed by atoms with Crippen LogP contribution in [0.3, 0.4) is 0 Å². The van der Waals surface area contributed by atoms with E-state index in [1.54, 1.807) is 0 Å². The number of nitrogens with one attached hydrogen (secondary N) is 2. The first kappa shape index (κ1) is 15.5. The van der Waals surface area contributed by atoms with E-state index in [0.717, 1.165) is 12.8 Å². The predicted molar refractivity (Wildman–Crippen MR) is 69.5 cm³/mol. The molecule has 0 aliphatic heterocycles. The van der Waals surface area contributed by atoms with Crippen molar-refractivity contribution in [3.8, 4) is 0 Å². The van der Waals surface area contributed by atoms with Gasteiger partial charge < -0.3 is 10.4 Å². The summed E-state index contributed by atoms with van der Waals surface area (Å²) in [5, 5.41) is 13.4. The highest BCUT2D eigenvalue weighted by atomic mass is 16.4. The van der Waals surface area contributed by atoms with Gasteiger partial charge >= 0.3 is 12.0 Å². The molecule has 108 valence electrons. The van der Waals surface area contributed by atoms with Gasteiger partial charge in [0.25, 0.3) is 0 Å². The van der Waals surface area contributed by atoms with Crippen LogP contribution in [0.2, 0.25) is 0 Å². The molecule has 0 bridgehead atoms. The third kappa shape index (κ3) is 5.28. The Hall–Kier alpha value is -1.59. The van der Waals surface area contributed by atoms with E-state index in [4.69, 9.17) is 5.11 Å². The summed E-state index contributed by atoms with van der Waals surface area (Å²) in [5.74, 6) is -0.864. The maximum Gasteiger partial charge on any atom is 0.321 e. The van der Waals surface area contributed by atoms with E-state index in [2.05, 4.69) is 24.5 Å². The first-order chi connectivity index (χ1) is 8.85. The van der Waals surface area contributed by atoms with Crippen LogP contribution in [0.1, 0.15) is 46.0 Å². The monoisotopic (exact) mass is 270 g/mol. The zero-order valence-electron chi connectivity index (χ0n) is 11.5. The molecule has 0 spiro atoms. The average molecular weight is 270 g/mol. The first-order valence-corrected chi connectivity index (χ1v) is 6.65. The minimum Gasteiger partial charge on any atom is -0.481 e. The molecule has 1 aliphatic carbocycles. The standard InChI is InChI=1S/C13H22N2O4/c1-9(2)13(6-7-13)8-14-12(19)15-10(16)4-3-5-11(17)18/h9H,3-8H2,1-2H3,(H,17,18)(H2,14,15,16,19). The number of aliphatic carboxylic acids is 1. The van der Waals surface area contributed by atoms with Crippen LogP contribution in [0, 0.1) is 11.3 Å². The van der Waals surface area contributed by atoms with Gasteiger partial charge in [-0.3, -0.25) is 14.9 Å². The summed E-state index contributed by atoms with van der Waals surface area (Å²) in [6.45, 7) is 4.84. The number of imide groups is 1. The van der Waals surface area contributed by atoms with E-state index in [1.807, 2.05) is 0 Å². The molecule has 19 heavy (non-hydrogen) atoms. The van der Waals surface area contributed by atoms with Crippen molar-refractivity contribution in [3.05, 3.63) is 0 Å². The summed E-state index contributed by atoms with van der Waals surface area (Å²) in [6, 6.07) is -0.493. The Balaban J connectivity index is 2.17.